The van der Waals surface area contributed by atoms with Crippen LogP contribution in [-0.2, 0) is 0 Å². The monoisotopic (exact) mass is 460 g/mol. The van der Waals surface area contributed by atoms with Crippen molar-refractivity contribution in [3.63, 3.8) is 0 Å². The van der Waals surface area contributed by atoms with Crippen LogP contribution in [-0.4, -0.2) is 43.0 Å². The summed E-state index contributed by atoms with van der Waals surface area (Å²) >= 11 is 0. The molecule has 0 unspecified atom stereocenters. The van der Waals surface area contributed by atoms with Gasteiger partial charge in [0.15, 0.2) is 17.5 Å². The highest BCUT2D eigenvalue weighted by molar-refractivity contribution is 5.91. The van der Waals surface area contributed by atoms with Crippen molar-refractivity contribution in [3.05, 3.63) is 60.6 Å². The van der Waals surface area contributed by atoms with Gasteiger partial charge in [0, 0.05) is 41.1 Å². The molecule has 0 spiro atoms. The lowest BCUT2D eigenvalue weighted by Crippen LogP contribution is -2.43. The fraction of sp³-hybridized carbons (Fsp3) is 0.292. The van der Waals surface area contributed by atoms with Crippen molar-refractivity contribution < 1.29 is 9.18 Å². The SMILES string of the molecule is Cc1ccc(NC(=O)N[C@H]2CCC[C@@H](Nc3nc(-c4c[nH]c5ncncc45)ncc3F)C2)cc1. The number of aromatic amines is 1. The van der Waals surface area contributed by atoms with Crippen LogP contribution in [0.1, 0.15) is 31.2 Å². The smallest absolute Gasteiger partial charge is 0.319 e. The molecular weight excluding hydrogens is 435 g/mol. The summed E-state index contributed by atoms with van der Waals surface area (Å²) < 4.78 is 14.6. The maximum Gasteiger partial charge on any atom is 0.319 e. The molecule has 0 saturated heterocycles. The standard InChI is InChI=1S/C24H25FN8O/c1-14-5-7-15(8-6-14)31-24(34)32-17-4-2-3-16(9-17)30-23-20(25)12-28-22(33-23)19-11-27-21-18(19)10-26-13-29-21/h5-8,10-13,16-17H,2-4,9H2,1H3,(H,26,27,29)(H,28,30,33)(H2,31,32,34)/t16-,17+/m1/s1. The van der Waals surface area contributed by atoms with E-state index in [0.717, 1.165) is 35.9 Å². The summed E-state index contributed by atoms with van der Waals surface area (Å²) in [7, 11) is 0. The molecule has 4 aromatic rings. The van der Waals surface area contributed by atoms with Gasteiger partial charge in [-0.15, -0.1) is 0 Å². The summed E-state index contributed by atoms with van der Waals surface area (Å²) in [5.41, 5.74) is 3.24. The number of carbonyl (C=O) groups excluding carboxylic acids is 1. The average Bonchev–Trinajstić information content (AvgIpc) is 3.26. The topological polar surface area (TPSA) is 121 Å². The Bertz CT molecular complexity index is 1310. The van der Waals surface area contributed by atoms with Crippen molar-refractivity contribution in [2.24, 2.45) is 0 Å². The van der Waals surface area contributed by atoms with Gasteiger partial charge in [0.05, 0.1) is 6.20 Å². The maximum atomic E-state index is 14.6. The second-order valence-corrected chi connectivity index (χ2v) is 8.55. The number of hydrogen-bond donors (Lipinski definition) is 4. The number of aromatic nitrogens is 5. The van der Waals surface area contributed by atoms with E-state index < -0.39 is 5.82 Å². The number of fused-ring (bicyclic) bond motifs is 1. The minimum Gasteiger partial charge on any atom is -0.365 e. The highest BCUT2D eigenvalue weighted by atomic mass is 19.1. The Hall–Kier alpha value is -4.08. The van der Waals surface area contributed by atoms with E-state index >= 15 is 0 Å². The Morgan fingerprint density at radius 2 is 1.94 bits per heavy atom. The van der Waals surface area contributed by atoms with Gasteiger partial charge in [0.1, 0.15) is 12.0 Å². The van der Waals surface area contributed by atoms with E-state index in [1.165, 1.54) is 12.5 Å². The highest BCUT2D eigenvalue weighted by Crippen LogP contribution is 2.27. The summed E-state index contributed by atoms with van der Waals surface area (Å²) in [4.78, 5) is 32.3. The third-order valence-electron chi connectivity index (χ3n) is 6.00. The van der Waals surface area contributed by atoms with Gasteiger partial charge in [-0.25, -0.2) is 29.1 Å². The number of anilines is 2. The minimum atomic E-state index is -0.521. The Morgan fingerprint density at radius 3 is 2.79 bits per heavy atom. The van der Waals surface area contributed by atoms with Gasteiger partial charge >= 0.3 is 6.03 Å². The number of hydrogen-bond acceptors (Lipinski definition) is 6. The molecule has 0 radical (unpaired) electrons. The summed E-state index contributed by atoms with van der Waals surface area (Å²) in [5, 5.41) is 9.88. The van der Waals surface area contributed by atoms with Crippen LogP contribution in [0.2, 0.25) is 0 Å². The fourth-order valence-corrected chi connectivity index (χ4v) is 4.28. The number of urea groups is 1. The number of aryl methyl sites for hydroxylation is 1. The molecule has 2 amide bonds. The van der Waals surface area contributed by atoms with Crippen LogP contribution < -0.4 is 16.0 Å². The number of amides is 2. The van der Waals surface area contributed by atoms with Crippen LogP contribution in [0.3, 0.4) is 0 Å². The lowest BCUT2D eigenvalue weighted by molar-refractivity contribution is 0.243. The van der Waals surface area contributed by atoms with Gasteiger partial charge < -0.3 is 20.9 Å². The van der Waals surface area contributed by atoms with Crippen molar-refractivity contribution in [2.75, 3.05) is 10.6 Å². The molecule has 1 aliphatic carbocycles. The first-order valence-electron chi connectivity index (χ1n) is 11.3. The Morgan fingerprint density at radius 1 is 1.12 bits per heavy atom. The molecule has 5 rings (SSSR count). The second-order valence-electron chi connectivity index (χ2n) is 8.55. The van der Waals surface area contributed by atoms with Gasteiger partial charge in [-0.05, 0) is 44.7 Å². The van der Waals surface area contributed by atoms with Crippen LogP contribution in [0.5, 0.6) is 0 Å². The lowest BCUT2D eigenvalue weighted by atomic mass is 9.91. The van der Waals surface area contributed by atoms with E-state index in [-0.39, 0.29) is 23.9 Å². The van der Waals surface area contributed by atoms with E-state index in [0.29, 0.717) is 23.5 Å². The normalized spacial score (nSPS) is 17.9. The lowest BCUT2D eigenvalue weighted by Gasteiger charge is -2.30. The molecule has 1 saturated carbocycles. The van der Waals surface area contributed by atoms with Crippen LogP contribution in [0, 0.1) is 12.7 Å². The molecule has 3 heterocycles. The molecule has 2 atom stereocenters. The van der Waals surface area contributed by atoms with Gasteiger partial charge in [-0.3, -0.25) is 0 Å². The number of H-pyrrole nitrogens is 1. The van der Waals surface area contributed by atoms with E-state index in [2.05, 4.69) is 40.9 Å². The van der Waals surface area contributed by atoms with Gasteiger partial charge in [0.25, 0.3) is 0 Å². The molecule has 10 heteroatoms. The number of nitrogens with one attached hydrogen (secondary N) is 4. The van der Waals surface area contributed by atoms with Crippen LogP contribution in [0.25, 0.3) is 22.4 Å². The Kier molecular flexibility index (Phi) is 6.03. The zero-order chi connectivity index (χ0) is 23.5. The maximum absolute atomic E-state index is 14.6. The van der Waals surface area contributed by atoms with Gasteiger partial charge in [-0.1, -0.05) is 17.7 Å². The third-order valence-corrected chi connectivity index (χ3v) is 6.00. The molecule has 1 aromatic carbocycles. The minimum absolute atomic E-state index is 0.0215. The predicted octanol–water partition coefficient (Wildman–Crippen LogP) is 4.41. The molecule has 34 heavy (non-hydrogen) atoms. The van der Waals surface area contributed by atoms with E-state index in [1.54, 1.807) is 12.4 Å². The number of carbonyl (C=O) groups is 1. The molecular formula is C24H25FN8O. The first-order valence-corrected chi connectivity index (χ1v) is 11.3. The Labute approximate surface area is 195 Å². The second kappa shape index (κ2) is 9.42. The quantitative estimate of drug-likeness (QED) is 0.350. The number of benzene rings is 1. The van der Waals surface area contributed by atoms with Crippen molar-refractivity contribution in [1.29, 1.82) is 0 Å². The highest BCUT2D eigenvalue weighted by Gasteiger charge is 2.25. The first kappa shape index (κ1) is 21.7. The number of nitrogens with zero attached hydrogens (tertiary/aromatic N) is 4. The summed E-state index contributed by atoms with van der Waals surface area (Å²) in [6.45, 7) is 2.00. The van der Waals surface area contributed by atoms with Crippen molar-refractivity contribution in [3.8, 4) is 11.4 Å². The average molecular weight is 461 g/mol. The van der Waals surface area contributed by atoms with E-state index in [9.17, 15) is 9.18 Å². The molecule has 1 aliphatic rings. The molecule has 4 N–H and O–H groups in total. The molecule has 174 valence electrons. The zero-order valence-corrected chi connectivity index (χ0v) is 18.7. The fourth-order valence-electron chi connectivity index (χ4n) is 4.28. The number of rotatable bonds is 5. The Balaban J connectivity index is 1.25. The number of halogens is 1. The van der Waals surface area contributed by atoms with Crippen molar-refractivity contribution in [1.82, 2.24) is 30.2 Å². The van der Waals surface area contributed by atoms with Crippen molar-refractivity contribution >= 4 is 28.6 Å². The van der Waals surface area contributed by atoms with Crippen molar-refractivity contribution in [2.45, 2.75) is 44.7 Å². The third kappa shape index (κ3) is 4.80. The summed E-state index contributed by atoms with van der Waals surface area (Å²) in [6.07, 6.45) is 9.34. The largest absolute Gasteiger partial charge is 0.365 e. The molecule has 9 nitrogen and oxygen atoms in total. The molecule has 1 fully saturated rings. The molecule has 3 aromatic heterocycles. The first-order chi connectivity index (χ1) is 16.5. The van der Waals surface area contributed by atoms with Gasteiger partial charge in [-0.2, -0.15) is 0 Å². The molecule has 0 aliphatic heterocycles. The van der Waals surface area contributed by atoms with Crippen LogP contribution in [0.4, 0.5) is 20.7 Å². The predicted molar refractivity (Wildman–Crippen MR) is 128 cm³/mol. The summed E-state index contributed by atoms with van der Waals surface area (Å²) in [6, 6.07) is 7.35. The van der Waals surface area contributed by atoms with Crippen LogP contribution >= 0.6 is 0 Å². The van der Waals surface area contributed by atoms with E-state index in [1.807, 2.05) is 31.2 Å². The van der Waals surface area contributed by atoms with Crippen LogP contribution in [0.15, 0.2) is 49.2 Å². The van der Waals surface area contributed by atoms with Gasteiger partial charge in [0.2, 0.25) is 0 Å². The zero-order valence-electron chi connectivity index (χ0n) is 18.7. The molecule has 0 bridgehead atoms. The van der Waals surface area contributed by atoms with E-state index in [4.69, 9.17) is 0 Å². The summed E-state index contributed by atoms with van der Waals surface area (Å²) in [5.74, 6) is 0.00547.